The number of nitrogens with two attached hydrogens (primary N) is 1. The third-order valence-corrected chi connectivity index (χ3v) is 2.96. The van der Waals surface area contributed by atoms with Crippen LogP contribution in [0.1, 0.15) is 32.6 Å². The van der Waals surface area contributed by atoms with Gasteiger partial charge in [0.25, 0.3) is 0 Å². The van der Waals surface area contributed by atoms with E-state index >= 15 is 0 Å². The van der Waals surface area contributed by atoms with Crippen molar-refractivity contribution >= 4 is 23.1 Å². The first kappa shape index (κ1) is 11.4. The van der Waals surface area contributed by atoms with E-state index in [4.69, 9.17) is 18.0 Å². The molecule has 0 heterocycles. The van der Waals surface area contributed by atoms with Crippen LogP contribution in [-0.2, 0) is 4.79 Å². The van der Waals surface area contributed by atoms with E-state index in [1.165, 1.54) is 19.3 Å². The van der Waals surface area contributed by atoms with E-state index in [1.807, 2.05) is 0 Å². The smallest absolute Gasteiger partial charge is 0.229 e. The number of amides is 1. The summed E-state index contributed by atoms with van der Waals surface area (Å²) in [4.78, 5) is 11.6. The van der Waals surface area contributed by atoms with Crippen LogP contribution in [0.3, 0.4) is 0 Å². The lowest BCUT2D eigenvalue weighted by molar-refractivity contribution is -0.122. The molecule has 0 spiro atoms. The summed E-state index contributed by atoms with van der Waals surface area (Å²) in [5, 5.41) is 2.84. The number of thiocarbonyl (C=S) groups is 1. The summed E-state index contributed by atoms with van der Waals surface area (Å²) in [5.74, 6) is 0.541. The SMILES string of the molecule is CC(C(=O)NCCCC1CC1)C(N)=S. The summed E-state index contributed by atoms with van der Waals surface area (Å²) < 4.78 is 0. The Morgan fingerprint density at radius 3 is 2.79 bits per heavy atom. The van der Waals surface area contributed by atoms with Crippen LogP contribution in [0.2, 0.25) is 0 Å². The lowest BCUT2D eigenvalue weighted by Gasteiger charge is -2.10. The number of hydrogen-bond acceptors (Lipinski definition) is 2. The van der Waals surface area contributed by atoms with Gasteiger partial charge in [-0.3, -0.25) is 4.79 Å². The third kappa shape index (κ3) is 4.05. The van der Waals surface area contributed by atoms with Gasteiger partial charge in [-0.15, -0.1) is 0 Å². The van der Waals surface area contributed by atoms with Gasteiger partial charge in [0.1, 0.15) is 0 Å². The molecule has 0 aromatic heterocycles. The van der Waals surface area contributed by atoms with Crippen molar-refractivity contribution in [1.82, 2.24) is 5.32 Å². The Hall–Kier alpha value is -0.640. The molecule has 14 heavy (non-hydrogen) atoms. The molecule has 1 saturated carbocycles. The molecular formula is C10H18N2OS. The van der Waals surface area contributed by atoms with Crippen molar-refractivity contribution in [2.75, 3.05) is 6.54 Å². The molecule has 3 N–H and O–H groups in total. The Kier molecular flexibility index (Phi) is 4.32. The van der Waals surface area contributed by atoms with Gasteiger partial charge in [0.15, 0.2) is 0 Å². The molecule has 1 aliphatic rings. The first-order chi connectivity index (χ1) is 6.61. The van der Waals surface area contributed by atoms with E-state index in [0.29, 0.717) is 0 Å². The predicted molar refractivity (Wildman–Crippen MR) is 60.9 cm³/mol. The Bertz CT molecular complexity index is 226. The molecule has 1 atom stereocenters. The first-order valence-corrected chi connectivity index (χ1v) is 5.59. The Morgan fingerprint density at radius 2 is 2.29 bits per heavy atom. The summed E-state index contributed by atoms with van der Waals surface area (Å²) in [5.41, 5.74) is 5.37. The maximum atomic E-state index is 11.4. The molecule has 0 aliphatic heterocycles. The lowest BCUT2D eigenvalue weighted by atomic mass is 10.1. The quantitative estimate of drug-likeness (QED) is 0.516. The first-order valence-electron chi connectivity index (χ1n) is 5.18. The van der Waals surface area contributed by atoms with Gasteiger partial charge in [-0.25, -0.2) is 0 Å². The van der Waals surface area contributed by atoms with E-state index in [2.05, 4.69) is 5.32 Å². The van der Waals surface area contributed by atoms with Crippen molar-refractivity contribution in [2.24, 2.45) is 17.6 Å². The molecule has 0 aromatic carbocycles. The summed E-state index contributed by atoms with van der Waals surface area (Å²) in [6, 6.07) is 0. The molecular weight excluding hydrogens is 196 g/mol. The molecule has 0 radical (unpaired) electrons. The van der Waals surface area contributed by atoms with Crippen LogP contribution in [0.25, 0.3) is 0 Å². The number of carbonyl (C=O) groups excluding carboxylic acids is 1. The molecule has 0 bridgehead atoms. The van der Waals surface area contributed by atoms with Crippen molar-refractivity contribution < 1.29 is 4.79 Å². The summed E-state index contributed by atoms with van der Waals surface area (Å²) >= 11 is 4.74. The maximum Gasteiger partial charge on any atom is 0.229 e. The van der Waals surface area contributed by atoms with Crippen molar-refractivity contribution in [3.63, 3.8) is 0 Å². The molecule has 1 unspecified atom stereocenters. The number of nitrogens with one attached hydrogen (secondary N) is 1. The minimum absolute atomic E-state index is 0.0479. The second-order valence-electron chi connectivity index (χ2n) is 4.00. The molecule has 3 nitrogen and oxygen atoms in total. The Morgan fingerprint density at radius 1 is 1.64 bits per heavy atom. The van der Waals surface area contributed by atoms with Gasteiger partial charge in [0.05, 0.1) is 10.9 Å². The van der Waals surface area contributed by atoms with Gasteiger partial charge in [-0.05, 0) is 25.7 Å². The largest absolute Gasteiger partial charge is 0.393 e. The summed E-state index contributed by atoms with van der Waals surface area (Å²) in [7, 11) is 0. The monoisotopic (exact) mass is 214 g/mol. The Labute approximate surface area is 90.4 Å². The zero-order valence-corrected chi connectivity index (χ0v) is 9.40. The van der Waals surface area contributed by atoms with E-state index in [-0.39, 0.29) is 16.8 Å². The normalized spacial score (nSPS) is 17.5. The molecule has 1 fully saturated rings. The van der Waals surface area contributed by atoms with Crippen LogP contribution in [0.5, 0.6) is 0 Å². The van der Waals surface area contributed by atoms with Crippen molar-refractivity contribution in [2.45, 2.75) is 32.6 Å². The van der Waals surface area contributed by atoms with Gasteiger partial charge < -0.3 is 11.1 Å². The second kappa shape index (κ2) is 5.29. The van der Waals surface area contributed by atoms with Crippen molar-refractivity contribution in [3.8, 4) is 0 Å². The fourth-order valence-electron chi connectivity index (χ4n) is 1.29. The number of rotatable bonds is 6. The van der Waals surface area contributed by atoms with Gasteiger partial charge in [-0.1, -0.05) is 25.1 Å². The molecule has 1 rings (SSSR count). The zero-order valence-electron chi connectivity index (χ0n) is 8.58. The fraction of sp³-hybridized carbons (Fsp3) is 0.800. The summed E-state index contributed by atoms with van der Waals surface area (Å²) in [6.45, 7) is 2.49. The lowest BCUT2D eigenvalue weighted by Crippen LogP contribution is -2.36. The van der Waals surface area contributed by atoms with Gasteiger partial charge in [0.2, 0.25) is 5.91 Å². The van der Waals surface area contributed by atoms with Gasteiger partial charge >= 0.3 is 0 Å². The highest BCUT2D eigenvalue weighted by molar-refractivity contribution is 7.80. The number of hydrogen-bond donors (Lipinski definition) is 2. The van der Waals surface area contributed by atoms with Crippen LogP contribution >= 0.6 is 12.2 Å². The topological polar surface area (TPSA) is 55.1 Å². The van der Waals surface area contributed by atoms with E-state index in [9.17, 15) is 4.79 Å². The molecule has 80 valence electrons. The van der Waals surface area contributed by atoms with Crippen LogP contribution in [-0.4, -0.2) is 17.4 Å². The highest BCUT2D eigenvalue weighted by Gasteiger charge is 2.20. The minimum atomic E-state index is -0.342. The average Bonchev–Trinajstić information content (AvgIpc) is 2.94. The zero-order chi connectivity index (χ0) is 10.6. The van der Waals surface area contributed by atoms with E-state index in [0.717, 1.165) is 18.9 Å². The van der Waals surface area contributed by atoms with Gasteiger partial charge in [0, 0.05) is 6.54 Å². The highest BCUT2D eigenvalue weighted by atomic mass is 32.1. The van der Waals surface area contributed by atoms with Crippen LogP contribution < -0.4 is 11.1 Å². The van der Waals surface area contributed by atoms with E-state index in [1.54, 1.807) is 6.92 Å². The second-order valence-corrected chi connectivity index (χ2v) is 4.47. The fourth-order valence-corrected chi connectivity index (χ4v) is 1.40. The minimum Gasteiger partial charge on any atom is -0.393 e. The standard InChI is InChI=1S/C10H18N2OS/c1-7(9(11)14)10(13)12-6-2-3-8-4-5-8/h7-8H,2-6H2,1H3,(H2,11,14)(H,12,13). The third-order valence-electron chi connectivity index (χ3n) is 2.61. The van der Waals surface area contributed by atoms with Crippen molar-refractivity contribution in [1.29, 1.82) is 0 Å². The van der Waals surface area contributed by atoms with Crippen molar-refractivity contribution in [3.05, 3.63) is 0 Å². The summed E-state index contributed by atoms with van der Waals surface area (Å²) in [6.07, 6.45) is 5.05. The molecule has 0 saturated heterocycles. The maximum absolute atomic E-state index is 11.4. The van der Waals surface area contributed by atoms with Crippen LogP contribution in [0.4, 0.5) is 0 Å². The predicted octanol–water partition coefficient (Wildman–Crippen LogP) is 1.22. The van der Waals surface area contributed by atoms with Crippen LogP contribution in [0, 0.1) is 11.8 Å². The molecule has 0 aromatic rings. The molecule has 1 aliphatic carbocycles. The Balaban J connectivity index is 2.04. The molecule has 4 heteroatoms. The van der Waals surface area contributed by atoms with Gasteiger partial charge in [-0.2, -0.15) is 0 Å². The number of carbonyl (C=O) groups is 1. The van der Waals surface area contributed by atoms with E-state index < -0.39 is 0 Å². The van der Waals surface area contributed by atoms with Crippen LogP contribution in [0.15, 0.2) is 0 Å². The average molecular weight is 214 g/mol. The highest BCUT2D eigenvalue weighted by Crippen LogP contribution is 2.33. The molecule has 1 amide bonds.